The molecule has 4 aromatic carbocycles. The van der Waals surface area contributed by atoms with Gasteiger partial charge in [-0.2, -0.15) is 0 Å². The molecular formula is C31H29N3O3. The number of aromatic hydroxyl groups is 1. The number of β-amino-alcohol motifs (C(OH)–C–C–N with tert-alkyl or cyclic N) is 1. The number of phenolic OH excluding ortho intramolecular Hbond substituents is 1. The largest absolute Gasteiger partial charge is 0.508 e. The number of aliphatic hydroxyl groups is 1. The fourth-order valence-electron chi connectivity index (χ4n) is 4.98. The zero-order valence-corrected chi connectivity index (χ0v) is 20.5. The van der Waals surface area contributed by atoms with Crippen molar-refractivity contribution in [1.82, 2.24) is 14.5 Å². The number of nitrogens with zero attached hydrogens (tertiary/aromatic N) is 3. The SMILES string of the molecule is Oc1ccc(Cn2cnc3ccc(-c4ccc(OCC(O)CN5Cc6ccccc6C5)cc4)cc32)cc1. The van der Waals surface area contributed by atoms with Crippen molar-refractivity contribution in [2.24, 2.45) is 0 Å². The first-order valence-corrected chi connectivity index (χ1v) is 12.5. The average molecular weight is 492 g/mol. The van der Waals surface area contributed by atoms with Crippen molar-refractivity contribution >= 4 is 11.0 Å². The Labute approximate surface area is 216 Å². The lowest BCUT2D eigenvalue weighted by atomic mass is 10.0. The van der Waals surface area contributed by atoms with Gasteiger partial charge in [0.15, 0.2) is 0 Å². The molecule has 0 bridgehead atoms. The van der Waals surface area contributed by atoms with Crippen molar-refractivity contribution in [2.75, 3.05) is 13.2 Å². The van der Waals surface area contributed by atoms with Gasteiger partial charge in [-0.1, -0.05) is 54.6 Å². The molecule has 1 aliphatic rings. The van der Waals surface area contributed by atoms with Crippen LogP contribution in [0.15, 0.2) is 97.3 Å². The monoisotopic (exact) mass is 491 g/mol. The standard InChI is InChI=1S/C31H29N3O3/c35-27-10-5-22(6-11-27)16-34-21-32-30-14-9-24(15-31(30)34)23-7-12-29(13-8-23)37-20-28(36)19-33-17-25-3-1-2-4-26(25)18-33/h1-15,21,28,35-36H,16-20H2. The van der Waals surface area contributed by atoms with Crippen molar-refractivity contribution in [1.29, 1.82) is 0 Å². The number of phenols is 1. The summed E-state index contributed by atoms with van der Waals surface area (Å²) in [6, 6.07) is 29.9. The third kappa shape index (κ3) is 5.21. The fraction of sp³-hybridized carbons (Fsp3) is 0.194. The predicted octanol–water partition coefficient (Wildman–Crippen LogP) is 5.21. The molecule has 0 amide bonds. The first kappa shape index (κ1) is 23.3. The summed E-state index contributed by atoms with van der Waals surface area (Å²) in [5.74, 6) is 1.01. The van der Waals surface area contributed by atoms with E-state index in [4.69, 9.17) is 4.74 Å². The molecule has 1 unspecified atom stereocenters. The lowest BCUT2D eigenvalue weighted by Gasteiger charge is -2.19. The third-order valence-corrected chi connectivity index (χ3v) is 6.92. The van der Waals surface area contributed by atoms with E-state index in [-0.39, 0.29) is 12.4 Å². The number of aromatic nitrogens is 2. The van der Waals surface area contributed by atoms with Crippen LogP contribution in [0.4, 0.5) is 0 Å². The fourth-order valence-corrected chi connectivity index (χ4v) is 4.98. The molecule has 2 N–H and O–H groups in total. The van der Waals surface area contributed by atoms with Crippen LogP contribution < -0.4 is 4.74 Å². The maximum atomic E-state index is 10.5. The number of aliphatic hydroxyl groups excluding tert-OH is 1. The minimum Gasteiger partial charge on any atom is -0.508 e. The Morgan fingerprint density at radius 2 is 1.54 bits per heavy atom. The van der Waals surface area contributed by atoms with E-state index >= 15 is 0 Å². The van der Waals surface area contributed by atoms with Gasteiger partial charge in [-0.15, -0.1) is 0 Å². The average Bonchev–Trinajstić information content (AvgIpc) is 3.52. The quantitative estimate of drug-likeness (QED) is 0.312. The molecular weight excluding hydrogens is 462 g/mol. The molecule has 0 radical (unpaired) electrons. The molecule has 0 aliphatic carbocycles. The van der Waals surface area contributed by atoms with E-state index in [9.17, 15) is 10.2 Å². The Morgan fingerprint density at radius 3 is 2.27 bits per heavy atom. The summed E-state index contributed by atoms with van der Waals surface area (Å²) in [4.78, 5) is 6.79. The third-order valence-electron chi connectivity index (χ3n) is 6.92. The molecule has 0 fully saturated rings. The molecule has 1 aliphatic heterocycles. The number of ether oxygens (including phenoxy) is 1. The van der Waals surface area contributed by atoms with Gasteiger partial charge in [0.25, 0.3) is 0 Å². The molecule has 5 aromatic rings. The Bertz CT molecular complexity index is 1480. The molecule has 6 rings (SSSR count). The van der Waals surface area contributed by atoms with E-state index < -0.39 is 6.10 Å². The summed E-state index contributed by atoms with van der Waals surface area (Å²) in [5, 5.41) is 20.1. The highest BCUT2D eigenvalue weighted by Gasteiger charge is 2.20. The van der Waals surface area contributed by atoms with E-state index in [2.05, 4.69) is 50.8 Å². The van der Waals surface area contributed by atoms with Crippen molar-refractivity contribution in [2.45, 2.75) is 25.7 Å². The number of hydrogen-bond donors (Lipinski definition) is 2. The van der Waals surface area contributed by atoms with Crippen molar-refractivity contribution < 1.29 is 14.9 Å². The van der Waals surface area contributed by atoms with Gasteiger partial charge in [0, 0.05) is 26.2 Å². The summed E-state index contributed by atoms with van der Waals surface area (Å²) in [7, 11) is 0. The van der Waals surface area contributed by atoms with Crippen LogP contribution >= 0.6 is 0 Å². The highest BCUT2D eigenvalue weighted by atomic mass is 16.5. The van der Waals surface area contributed by atoms with Gasteiger partial charge in [-0.3, -0.25) is 4.90 Å². The normalized spacial score (nSPS) is 14.1. The zero-order chi connectivity index (χ0) is 25.2. The zero-order valence-electron chi connectivity index (χ0n) is 20.5. The van der Waals surface area contributed by atoms with E-state index in [1.807, 2.05) is 48.8 Å². The molecule has 2 heterocycles. The van der Waals surface area contributed by atoms with Crippen LogP contribution in [0.25, 0.3) is 22.2 Å². The predicted molar refractivity (Wildman–Crippen MR) is 144 cm³/mol. The molecule has 1 atom stereocenters. The van der Waals surface area contributed by atoms with Crippen LogP contribution in [0.3, 0.4) is 0 Å². The highest BCUT2D eigenvalue weighted by Crippen LogP contribution is 2.27. The number of imidazole rings is 1. The van der Waals surface area contributed by atoms with Gasteiger partial charge in [-0.05, 0) is 64.2 Å². The molecule has 1 aromatic heterocycles. The van der Waals surface area contributed by atoms with E-state index in [1.165, 1.54) is 11.1 Å². The first-order valence-electron chi connectivity index (χ1n) is 12.5. The van der Waals surface area contributed by atoms with Crippen molar-refractivity contribution in [3.63, 3.8) is 0 Å². The van der Waals surface area contributed by atoms with Crippen LogP contribution in [0.1, 0.15) is 16.7 Å². The lowest BCUT2D eigenvalue weighted by Crippen LogP contribution is -2.32. The van der Waals surface area contributed by atoms with Gasteiger partial charge in [0.1, 0.15) is 24.2 Å². The lowest BCUT2D eigenvalue weighted by molar-refractivity contribution is 0.0673. The number of rotatable bonds is 8. The topological polar surface area (TPSA) is 70.8 Å². The second-order valence-corrected chi connectivity index (χ2v) is 9.67. The van der Waals surface area contributed by atoms with Crippen LogP contribution in [0, 0.1) is 0 Å². The van der Waals surface area contributed by atoms with Gasteiger partial charge in [-0.25, -0.2) is 4.98 Å². The Hall–Kier alpha value is -4.13. The summed E-state index contributed by atoms with van der Waals surface area (Å²) >= 11 is 0. The van der Waals surface area contributed by atoms with Crippen LogP contribution in [0.2, 0.25) is 0 Å². The van der Waals surface area contributed by atoms with E-state index in [0.717, 1.165) is 46.6 Å². The number of benzene rings is 4. The van der Waals surface area contributed by atoms with Crippen LogP contribution in [-0.2, 0) is 19.6 Å². The van der Waals surface area contributed by atoms with E-state index in [1.54, 1.807) is 12.1 Å². The molecule has 0 spiro atoms. The molecule has 6 heteroatoms. The minimum atomic E-state index is -0.551. The van der Waals surface area contributed by atoms with E-state index in [0.29, 0.717) is 13.1 Å². The molecule has 37 heavy (non-hydrogen) atoms. The summed E-state index contributed by atoms with van der Waals surface area (Å²) < 4.78 is 8.00. The van der Waals surface area contributed by atoms with Crippen molar-refractivity contribution in [3.05, 3.63) is 114 Å². The number of hydrogen-bond acceptors (Lipinski definition) is 5. The second kappa shape index (κ2) is 10.1. The number of fused-ring (bicyclic) bond motifs is 2. The van der Waals surface area contributed by atoms with Gasteiger partial charge < -0.3 is 19.5 Å². The van der Waals surface area contributed by atoms with Gasteiger partial charge >= 0.3 is 0 Å². The van der Waals surface area contributed by atoms with Gasteiger partial charge in [0.05, 0.1) is 17.4 Å². The van der Waals surface area contributed by atoms with Crippen LogP contribution in [0.5, 0.6) is 11.5 Å². The van der Waals surface area contributed by atoms with Crippen molar-refractivity contribution in [3.8, 4) is 22.6 Å². The Kier molecular flexibility index (Phi) is 6.35. The van der Waals surface area contributed by atoms with Crippen LogP contribution in [-0.4, -0.2) is 43.9 Å². The molecule has 0 saturated carbocycles. The summed E-state index contributed by atoms with van der Waals surface area (Å²) in [6.45, 7) is 3.28. The van der Waals surface area contributed by atoms with Gasteiger partial charge in [0.2, 0.25) is 0 Å². The summed E-state index contributed by atoms with van der Waals surface area (Å²) in [6.07, 6.45) is 1.30. The summed E-state index contributed by atoms with van der Waals surface area (Å²) in [5.41, 5.74) is 7.96. The highest BCUT2D eigenvalue weighted by molar-refractivity contribution is 5.82. The maximum absolute atomic E-state index is 10.5. The molecule has 186 valence electrons. The molecule has 0 saturated heterocycles. The molecule has 6 nitrogen and oxygen atoms in total. The first-order chi connectivity index (χ1) is 18.1. The Morgan fingerprint density at radius 1 is 0.838 bits per heavy atom. The Balaban J connectivity index is 1.08. The minimum absolute atomic E-state index is 0.259. The smallest absolute Gasteiger partial charge is 0.119 e. The maximum Gasteiger partial charge on any atom is 0.119 e. The second-order valence-electron chi connectivity index (χ2n) is 9.67.